The van der Waals surface area contributed by atoms with Crippen LogP contribution in [0.4, 0.5) is 11.5 Å². The Labute approximate surface area is 155 Å². The summed E-state index contributed by atoms with van der Waals surface area (Å²) in [5, 5.41) is 3.65. The van der Waals surface area contributed by atoms with Gasteiger partial charge in [0.05, 0.1) is 16.6 Å². The van der Waals surface area contributed by atoms with E-state index in [1.54, 1.807) is 6.20 Å². The zero-order valence-electron chi connectivity index (χ0n) is 13.4. The first kappa shape index (κ1) is 17.2. The minimum absolute atomic E-state index is 0.0382. The van der Waals surface area contributed by atoms with Gasteiger partial charge in [0.25, 0.3) is 0 Å². The van der Waals surface area contributed by atoms with E-state index in [-0.39, 0.29) is 11.8 Å². The van der Waals surface area contributed by atoms with Gasteiger partial charge in [-0.25, -0.2) is 4.98 Å². The third-order valence-corrected chi connectivity index (χ3v) is 5.16. The van der Waals surface area contributed by atoms with Gasteiger partial charge >= 0.3 is 0 Å². The quantitative estimate of drug-likeness (QED) is 0.803. The van der Waals surface area contributed by atoms with E-state index in [1.807, 2.05) is 37.3 Å². The average Bonchev–Trinajstić information content (AvgIpc) is 2.58. The topological polar surface area (TPSA) is 45.2 Å². The van der Waals surface area contributed by atoms with Crippen molar-refractivity contribution >= 4 is 44.9 Å². The molecule has 1 amide bonds. The molecule has 0 radical (unpaired) electrons. The van der Waals surface area contributed by atoms with Crippen molar-refractivity contribution < 1.29 is 4.79 Å². The van der Waals surface area contributed by atoms with Crippen LogP contribution in [0.5, 0.6) is 0 Å². The van der Waals surface area contributed by atoms with Crippen LogP contribution in [0, 0.1) is 12.8 Å². The molecule has 1 unspecified atom stereocenters. The van der Waals surface area contributed by atoms with Crippen LogP contribution < -0.4 is 10.2 Å². The summed E-state index contributed by atoms with van der Waals surface area (Å²) in [6, 6.07) is 9.55. The van der Waals surface area contributed by atoms with Crippen LogP contribution in [-0.2, 0) is 4.79 Å². The predicted molar refractivity (Wildman–Crippen MR) is 102 cm³/mol. The number of nitrogens with zero attached hydrogens (tertiary/aromatic N) is 2. The average molecular weight is 409 g/mol. The summed E-state index contributed by atoms with van der Waals surface area (Å²) in [7, 11) is 0. The first-order valence-corrected chi connectivity index (χ1v) is 9.14. The molecular formula is C18H19BrClN3O. The fourth-order valence-electron chi connectivity index (χ4n) is 2.95. The van der Waals surface area contributed by atoms with Crippen LogP contribution in [0.1, 0.15) is 18.4 Å². The molecule has 1 aliphatic heterocycles. The summed E-state index contributed by atoms with van der Waals surface area (Å²) >= 11 is 9.74. The number of anilines is 2. The van der Waals surface area contributed by atoms with Crippen molar-refractivity contribution in [3.05, 3.63) is 51.6 Å². The van der Waals surface area contributed by atoms with Crippen molar-refractivity contribution in [2.75, 3.05) is 23.3 Å². The molecule has 6 heteroatoms. The van der Waals surface area contributed by atoms with Gasteiger partial charge < -0.3 is 10.2 Å². The van der Waals surface area contributed by atoms with Crippen LogP contribution in [0.25, 0.3) is 0 Å². The third-order valence-electron chi connectivity index (χ3n) is 4.21. The number of carbonyl (C=O) groups excluding carboxylic acids is 1. The van der Waals surface area contributed by atoms with Crippen molar-refractivity contribution in [1.29, 1.82) is 0 Å². The van der Waals surface area contributed by atoms with Crippen molar-refractivity contribution in [2.24, 2.45) is 5.92 Å². The standard InChI is InChI=1S/C18H19BrClN3O/c1-12-6-7-16(14(19)10-12)22-18(24)13-4-3-9-23(11-13)17-15(20)5-2-8-21-17/h2,5-8,10,13H,3-4,9,11H2,1H3,(H,22,24). The van der Waals surface area contributed by atoms with E-state index in [9.17, 15) is 4.79 Å². The molecule has 4 nitrogen and oxygen atoms in total. The SMILES string of the molecule is Cc1ccc(NC(=O)C2CCCN(c3ncccc3Cl)C2)c(Br)c1. The summed E-state index contributed by atoms with van der Waals surface area (Å²) in [4.78, 5) is 19.1. The summed E-state index contributed by atoms with van der Waals surface area (Å²) < 4.78 is 0.899. The maximum Gasteiger partial charge on any atom is 0.229 e. The Morgan fingerprint density at radius 2 is 2.25 bits per heavy atom. The van der Waals surface area contributed by atoms with Gasteiger partial charge in [0.1, 0.15) is 5.82 Å². The van der Waals surface area contributed by atoms with E-state index in [2.05, 4.69) is 31.1 Å². The first-order valence-electron chi connectivity index (χ1n) is 7.97. The van der Waals surface area contributed by atoms with E-state index < -0.39 is 0 Å². The number of piperidine rings is 1. The highest BCUT2D eigenvalue weighted by Gasteiger charge is 2.27. The van der Waals surface area contributed by atoms with Gasteiger partial charge in [0.2, 0.25) is 5.91 Å². The number of rotatable bonds is 3. The molecule has 2 aromatic rings. The number of aryl methyl sites for hydroxylation is 1. The van der Waals surface area contributed by atoms with Crippen LogP contribution in [-0.4, -0.2) is 24.0 Å². The molecule has 2 heterocycles. The van der Waals surface area contributed by atoms with Gasteiger partial charge in [-0.15, -0.1) is 0 Å². The number of amides is 1. The Hall–Kier alpha value is -1.59. The summed E-state index contributed by atoms with van der Waals surface area (Å²) in [6.07, 6.45) is 3.55. The Morgan fingerprint density at radius 1 is 1.42 bits per heavy atom. The molecular weight excluding hydrogens is 390 g/mol. The lowest BCUT2D eigenvalue weighted by molar-refractivity contribution is -0.120. The monoisotopic (exact) mass is 407 g/mol. The van der Waals surface area contributed by atoms with E-state index in [4.69, 9.17) is 11.6 Å². The minimum atomic E-state index is -0.0787. The molecule has 1 aliphatic rings. The fourth-order valence-corrected chi connectivity index (χ4v) is 3.78. The van der Waals surface area contributed by atoms with Crippen molar-refractivity contribution in [3.63, 3.8) is 0 Å². The van der Waals surface area contributed by atoms with E-state index >= 15 is 0 Å². The number of carbonyl (C=O) groups is 1. The summed E-state index contributed by atoms with van der Waals surface area (Å²) in [6.45, 7) is 3.52. The number of nitrogens with one attached hydrogen (secondary N) is 1. The van der Waals surface area contributed by atoms with Crippen molar-refractivity contribution in [1.82, 2.24) is 4.98 Å². The lowest BCUT2D eigenvalue weighted by atomic mass is 9.97. The van der Waals surface area contributed by atoms with Crippen molar-refractivity contribution in [2.45, 2.75) is 19.8 Å². The first-order chi connectivity index (χ1) is 11.5. The molecule has 0 bridgehead atoms. The van der Waals surface area contributed by atoms with E-state index in [1.165, 1.54) is 0 Å². The lowest BCUT2D eigenvalue weighted by Gasteiger charge is -2.33. The second kappa shape index (κ2) is 7.53. The van der Waals surface area contributed by atoms with Crippen LogP contribution in [0.2, 0.25) is 5.02 Å². The molecule has 0 aliphatic carbocycles. The van der Waals surface area contributed by atoms with Gasteiger partial charge in [-0.3, -0.25) is 4.79 Å². The molecule has 1 N–H and O–H groups in total. The van der Waals surface area contributed by atoms with Gasteiger partial charge in [-0.1, -0.05) is 17.7 Å². The van der Waals surface area contributed by atoms with Crippen LogP contribution >= 0.6 is 27.5 Å². The normalized spacial score (nSPS) is 17.6. The third kappa shape index (κ3) is 3.90. The second-order valence-electron chi connectivity index (χ2n) is 6.07. The molecule has 24 heavy (non-hydrogen) atoms. The summed E-state index contributed by atoms with van der Waals surface area (Å²) in [5.41, 5.74) is 1.95. The molecule has 1 fully saturated rings. The molecule has 3 rings (SSSR count). The Bertz CT molecular complexity index is 753. The zero-order valence-corrected chi connectivity index (χ0v) is 15.8. The van der Waals surface area contributed by atoms with Crippen LogP contribution in [0.15, 0.2) is 41.0 Å². The largest absolute Gasteiger partial charge is 0.355 e. The smallest absolute Gasteiger partial charge is 0.229 e. The molecule has 1 aromatic carbocycles. The zero-order chi connectivity index (χ0) is 17.1. The molecule has 1 aromatic heterocycles. The Balaban J connectivity index is 1.70. The highest BCUT2D eigenvalue weighted by atomic mass is 79.9. The fraction of sp³-hybridized carbons (Fsp3) is 0.333. The number of pyridine rings is 1. The number of aromatic nitrogens is 1. The highest BCUT2D eigenvalue weighted by Crippen LogP contribution is 2.29. The van der Waals surface area contributed by atoms with E-state index in [0.29, 0.717) is 11.6 Å². The lowest BCUT2D eigenvalue weighted by Crippen LogP contribution is -2.41. The molecule has 0 spiro atoms. The van der Waals surface area contributed by atoms with Crippen molar-refractivity contribution in [3.8, 4) is 0 Å². The van der Waals surface area contributed by atoms with E-state index in [0.717, 1.165) is 40.9 Å². The number of halogens is 2. The maximum atomic E-state index is 12.7. The van der Waals surface area contributed by atoms with Gasteiger partial charge in [-0.05, 0) is 65.5 Å². The Morgan fingerprint density at radius 3 is 3.00 bits per heavy atom. The van der Waals surface area contributed by atoms with Gasteiger partial charge in [0, 0.05) is 23.8 Å². The number of hydrogen-bond donors (Lipinski definition) is 1. The summed E-state index contributed by atoms with van der Waals surface area (Å²) in [5.74, 6) is 0.717. The predicted octanol–water partition coefficient (Wildman–Crippen LogP) is 4.66. The maximum absolute atomic E-state index is 12.7. The molecule has 126 valence electrons. The molecule has 1 saturated heterocycles. The second-order valence-corrected chi connectivity index (χ2v) is 7.33. The molecule has 0 saturated carbocycles. The molecule has 1 atom stereocenters. The number of benzene rings is 1. The highest BCUT2D eigenvalue weighted by molar-refractivity contribution is 9.10. The number of hydrogen-bond acceptors (Lipinski definition) is 3. The van der Waals surface area contributed by atoms with Gasteiger partial charge in [-0.2, -0.15) is 0 Å². The minimum Gasteiger partial charge on any atom is -0.355 e. The Kier molecular flexibility index (Phi) is 5.41. The van der Waals surface area contributed by atoms with Gasteiger partial charge in [0.15, 0.2) is 0 Å². The van der Waals surface area contributed by atoms with Crippen LogP contribution in [0.3, 0.4) is 0 Å².